The minimum atomic E-state index is -1.05. The third kappa shape index (κ3) is 1.81. The molecule has 1 aliphatic rings. The van der Waals surface area contributed by atoms with Crippen molar-refractivity contribution in [1.29, 1.82) is 0 Å². The molecular formula is C10H11N3O3. The Hall–Kier alpha value is -2.11. The lowest BCUT2D eigenvalue weighted by atomic mass is 10.1. The minimum absolute atomic E-state index is 0.0540. The van der Waals surface area contributed by atoms with Crippen LogP contribution in [0.2, 0.25) is 0 Å². The number of amides is 1. The quantitative estimate of drug-likeness (QED) is 0.675. The first-order valence-corrected chi connectivity index (χ1v) is 4.82. The molecule has 0 aliphatic carbocycles. The summed E-state index contributed by atoms with van der Waals surface area (Å²) in [5.74, 6) is -1.32. The van der Waals surface area contributed by atoms with Crippen molar-refractivity contribution < 1.29 is 14.7 Å². The number of carbonyl (C=O) groups excluding carboxylic acids is 1. The maximum absolute atomic E-state index is 11.1. The van der Waals surface area contributed by atoms with Gasteiger partial charge in [-0.05, 0) is 12.5 Å². The van der Waals surface area contributed by atoms with Gasteiger partial charge < -0.3 is 10.4 Å². The average molecular weight is 221 g/mol. The van der Waals surface area contributed by atoms with E-state index in [1.165, 1.54) is 0 Å². The zero-order chi connectivity index (χ0) is 11.7. The molecule has 6 nitrogen and oxygen atoms in total. The number of hydrogen-bond acceptors (Lipinski definition) is 3. The molecule has 0 saturated carbocycles. The summed E-state index contributed by atoms with van der Waals surface area (Å²) in [6.45, 7) is 1.85. The predicted octanol–water partition coefficient (Wildman–Crippen LogP) is 0.119. The molecule has 1 amide bonds. The Morgan fingerprint density at radius 2 is 2.38 bits per heavy atom. The standard InChI is InChI=1S/C10H11N3O3/c1-5-6(4-11-13-5)2-8-7(10(15)16)3-9(14)12-8/h4H,2-3H2,1H3,(H,11,13)(H,12,14)(H,15,16). The molecule has 2 heterocycles. The van der Waals surface area contributed by atoms with Crippen LogP contribution in [0.4, 0.5) is 0 Å². The molecule has 3 N–H and O–H groups in total. The summed E-state index contributed by atoms with van der Waals surface area (Å²) >= 11 is 0. The number of carbonyl (C=O) groups is 2. The van der Waals surface area contributed by atoms with Crippen molar-refractivity contribution >= 4 is 11.9 Å². The van der Waals surface area contributed by atoms with E-state index in [9.17, 15) is 9.59 Å². The Balaban J connectivity index is 2.26. The first kappa shape index (κ1) is 10.4. The van der Waals surface area contributed by atoms with Crippen LogP contribution < -0.4 is 5.32 Å². The van der Waals surface area contributed by atoms with Gasteiger partial charge in [0.15, 0.2) is 0 Å². The molecular weight excluding hydrogens is 210 g/mol. The summed E-state index contributed by atoms with van der Waals surface area (Å²) in [7, 11) is 0. The second-order valence-corrected chi connectivity index (χ2v) is 3.68. The van der Waals surface area contributed by atoms with Gasteiger partial charge in [-0.25, -0.2) is 4.79 Å². The maximum Gasteiger partial charge on any atom is 0.333 e. The van der Waals surface area contributed by atoms with Crippen molar-refractivity contribution in [2.75, 3.05) is 0 Å². The molecule has 2 rings (SSSR count). The van der Waals surface area contributed by atoms with Gasteiger partial charge in [0.2, 0.25) is 5.91 Å². The average Bonchev–Trinajstić information content (AvgIpc) is 2.75. The number of aromatic nitrogens is 2. The number of nitrogens with one attached hydrogen (secondary N) is 2. The summed E-state index contributed by atoms with van der Waals surface area (Å²) < 4.78 is 0. The lowest BCUT2D eigenvalue weighted by Gasteiger charge is -2.03. The third-order valence-corrected chi connectivity index (χ3v) is 2.55. The van der Waals surface area contributed by atoms with Crippen molar-refractivity contribution in [3.63, 3.8) is 0 Å². The van der Waals surface area contributed by atoms with Crippen LogP contribution in [-0.2, 0) is 16.0 Å². The molecule has 0 saturated heterocycles. The number of nitrogens with zero attached hydrogens (tertiary/aromatic N) is 1. The fourth-order valence-corrected chi connectivity index (χ4v) is 1.66. The molecule has 1 aliphatic heterocycles. The monoisotopic (exact) mass is 221 g/mol. The molecule has 1 aromatic rings. The smallest absolute Gasteiger partial charge is 0.333 e. The van der Waals surface area contributed by atoms with Gasteiger partial charge in [0.25, 0.3) is 0 Å². The Bertz CT molecular complexity index is 487. The molecule has 1 aromatic heterocycles. The maximum atomic E-state index is 11.1. The van der Waals surface area contributed by atoms with Gasteiger partial charge in [-0.1, -0.05) is 0 Å². The summed E-state index contributed by atoms with van der Waals surface area (Å²) in [5, 5.41) is 18.1. The van der Waals surface area contributed by atoms with E-state index < -0.39 is 5.97 Å². The number of aryl methyl sites for hydroxylation is 1. The number of allylic oxidation sites excluding steroid dienone is 1. The highest BCUT2D eigenvalue weighted by Gasteiger charge is 2.26. The second-order valence-electron chi connectivity index (χ2n) is 3.68. The highest BCUT2D eigenvalue weighted by Crippen LogP contribution is 2.19. The summed E-state index contributed by atoms with van der Waals surface area (Å²) in [6.07, 6.45) is 1.96. The summed E-state index contributed by atoms with van der Waals surface area (Å²) in [5.41, 5.74) is 2.36. The predicted molar refractivity (Wildman–Crippen MR) is 54.5 cm³/mol. The van der Waals surface area contributed by atoms with E-state index in [4.69, 9.17) is 5.11 Å². The van der Waals surface area contributed by atoms with E-state index in [-0.39, 0.29) is 17.9 Å². The van der Waals surface area contributed by atoms with Gasteiger partial charge in [-0.2, -0.15) is 5.10 Å². The van der Waals surface area contributed by atoms with Crippen LogP contribution in [0.25, 0.3) is 0 Å². The SMILES string of the molecule is Cc1[nH]ncc1CC1=C(C(=O)O)CC(=O)N1. The van der Waals surface area contributed by atoms with E-state index in [1.807, 2.05) is 6.92 Å². The van der Waals surface area contributed by atoms with Gasteiger partial charge in [-0.15, -0.1) is 0 Å². The van der Waals surface area contributed by atoms with E-state index in [0.717, 1.165) is 11.3 Å². The number of carboxylic acids is 1. The number of rotatable bonds is 3. The lowest BCUT2D eigenvalue weighted by Crippen LogP contribution is -2.16. The van der Waals surface area contributed by atoms with Crippen LogP contribution in [0.1, 0.15) is 17.7 Å². The van der Waals surface area contributed by atoms with E-state index >= 15 is 0 Å². The number of aliphatic carboxylic acids is 1. The van der Waals surface area contributed by atoms with Crippen LogP contribution in [0, 0.1) is 6.92 Å². The number of aromatic amines is 1. The fourth-order valence-electron chi connectivity index (χ4n) is 1.66. The zero-order valence-corrected chi connectivity index (χ0v) is 8.70. The molecule has 0 atom stereocenters. The van der Waals surface area contributed by atoms with Gasteiger partial charge in [-0.3, -0.25) is 9.89 Å². The van der Waals surface area contributed by atoms with Gasteiger partial charge in [0, 0.05) is 17.8 Å². The topological polar surface area (TPSA) is 95.1 Å². The van der Waals surface area contributed by atoms with Crippen molar-refractivity contribution in [1.82, 2.24) is 15.5 Å². The molecule has 0 spiro atoms. The number of carboxylic acid groups (broad SMARTS) is 1. The minimum Gasteiger partial charge on any atom is -0.478 e. The van der Waals surface area contributed by atoms with E-state index in [1.54, 1.807) is 6.20 Å². The first-order chi connectivity index (χ1) is 7.58. The second kappa shape index (κ2) is 3.80. The molecule has 0 bridgehead atoms. The fraction of sp³-hybridized carbons (Fsp3) is 0.300. The Morgan fingerprint density at radius 1 is 1.62 bits per heavy atom. The molecule has 84 valence electrons. The van der Waals surface area contributed by atoms with Crippen LogP contribution in [0.15, 0.2) is 17.5 Å². The first-order valence-electron chi connectivity index (χ1n) is 4.82. The van der Waals surface area contributed by atoms with Gasteiger partial charge in [0.1, 0.15) is 0 Å². The molecule has 0 unspecified atom stereocenters. The van der Waals surface area contributed by atoms with Crippen molar-refractivity contribution in [2.24, 2.45) is 0 Å². The largest absolute Gasteiger partial charge is 0.478 e. The van der Waals surface area contributed by atoms with Crippen molar-refractivity contribution in [3.05, 3.63) is 28.7 Å². The van der Waals surface area contributed by atoms with Crippen LogP contribution >= 0.6 is 0 Å². The van der Waals surface area contributed by atoms with Gasteiger partial charge in [0.05, 0.1) is 18.2 Å². The highest BCUT2D eigenvalue weighted by atomic mass is 16.4. The molecule has 6 heteroatoms. The molecule has 16 heavy (non-hydrogen) atoms. The summed E-state index contributed by atoms with van der Waals surface area (Å²) in [4.78, 5) is 22.0. The van der Waals surface area contributed by atoms with E-state index in [0.29, 0.717) is 12.1 Å². The lowest BCUT2D eigenvalue weighted by molar-refractivity contribution is -0.133. The molecule has 0 aromatic carbocycles. The normalized spacial score (nSPS) is 15.4. The Labute approximate surface area is 91.4 Å². The number of H-pyrrole nitrogens is 1. The number of hydrogen-bond donors (Lipinski definition) is 3. The van der Waals surface area contributed by atoms with Crippen LogP contribution in [0.3, 0.4) is 0 Å². The van der Waals surface area contributed by atoms with E-state index in [2.05, 4.69) is 15.5 Å². The highest BCUT2D eigenvalue weighted by molar-refractivity contribution is 5.99. The molecule has 0 fully saturated rings. The zero-order valence-electron chi connectivity index (χ0n) is 8.70. The van der Waals surface area contributed by atoms with Crippen molar-refractivity contribution in [3.8, 4) is 0 Å². The van der Waals surface area contributed by atoms with Gasteiger partial charge >= 0.3 is 5.97 Å². The summed E-state index contributed by atoms with van der Waals surface area (Å²) in [6, 6.07) is 0. The van der Waals surface area contributed by atoms with Crippen LogP contribution in [0.5, 0.6) is 0 Å². The third-order valence-electron chi connectivity index (χ3n) is 2.55. The Kier molecular flexibility index (Phi) is 2.47. The van der Waals surface area contributed by atoms with Crippen molar-refractivity contribution in [2.45, 2.75) is 19.8 Å². The molecule has 0 radical (unpaired) electrons. The van der Waals surface area contributed by atoms with Crippen LogP contribution in [-0.4, -0.2) is 27.2 Å². The Morgan fingerprint density at radius 3 is 2.94 bits per heavy atom.